The van der Waals surface area contributed by atoms with Crippen LogP contribution < -0.4 is 14.8 Å². The number of nitrogens with zero attached hydrogens (tertiary/aromatic N) is 1. The standard InChI is InChI=1S/C40H34N2O3/c1-44-27-16-21-33(36(43)22-27)35-23-34(24-8-4-3-5-9-24)41-40(42-35)32-20-15-26-13-18-30-28(29-10-6-7-11-37(29)45-2)17-12-25-14-19-31(32)39(26)38(25)30/h3-11,13-18,20-23,31,34,39,43H,12,19H2,1-2H3,(H,41,42). The normalized spacial score (nSPS) is 22.9. The fraction of sp³-hybridized carbons (Fsp3) is 0.175. The van der Waals surface area contributed by atoms with E-state index in [1.807, 2.05) is 42.5 Å². The number of methoxy groups -OCH3 is 2. The van der Waals surface area contributed by atoms with Crippen LogP contribution in [0, 0.1) is 11.8 Å². The third kappa shape index (κ3) is 4.58. The molecule has 0 radical (unpaired) electrons. The van der Waals surface area contributed by atoms with E-state index in [4.69, 9.17) is 14.5 Å². The Hall–Kier alpha value is -5.29. The van der Waals surface area contributed by atoms with Crippen molar-refractivity contribution in [3.63, 3.8) is 0 Å². The number of hydrogen-bond acceptors (Lipinski definition) is 5. The lowest BCUT2D eigenvalue weighted by atomic mass is 9.61. The summed E-state index contributed by atoms with van der Waals surface area (Å²) in [6.45, 7) is 0. The van der Waals surface area contributed by atoms with Crippen molar-refractivity contribution < 1.29 is 14.6 Å². The smallest absolute Gasteiger partial charge is 0.129 e. The third-order valence-corrected chi connectivity index (χ3v) is 9.59. The molecule has 8 rings (SSSR count). The summed E-state index contributed by atoms with van der Waals surface area (Å²) in [5, 5.41) is 14.7. The summed E-state index contributed by atoms with van der Waals surface area (Å²) in [7, 11) is 3.35. The highest BCUT2D eigenvalue weighted by atomic mass is 16.5. The molecule has 0 bridgehead atoms. The lowest BCUT2D eigenvalue weighted by molar-refractivity contribution is 0.407. The first-order valence-corrected chi connectivity index (χ1v) is 15.5. The van der Waals surface area contributed by atoms with Crippen molar-refractivity contribution in [2.75, 3.05) is 14.2 Å². The molecule has 0 spiro atoms. The molecule has 222 valence electrons. The van der Waals surface area contributed by atoms with Gasteiger partial charge < -0.3 is 19.9 Å². The molecule has 4 aliphatic carbocycles. The molecule has 3 aromatic carbocycles. The summed E-state index contributed by atoms with van der Waals surface area (Å²) in [6, 6.07) is 23.9. The highest BCUT2D eigenvalue weighted by Crippen LogP contribution is 2.54. The van der Waals surface area contributed by atoms with Crippen molar-refractivity contribution in [3.05, 3.63) is 160 Å². The maximum atomic E-state index is 11.0. The minimum Gasteiger partial charge on any atom is -0.507 e. The number of hydrogen-bond donors (Lipinski definition) is 2. The molecule has 45 heavy (non-hydrogen) atoms. The van der Waals surface area contributed by atoms with Gasteiger partial charge in [-0.3, -0.25) is 4.99 Å². The van der Waals surface area contributed by atoms with Crippen molar-refractivity contribution >= 4 is 17.1 Å². The molecule has 5 nitrogen and oxygen atoms in total. The van der Waals surface area contributed by atoms with Gasteiger partial charge in [0.05, 0.1) is 20.3 Å². The zero-order chi connectivity index (χ0) is 30.5. The van der Waals surface area contributed by atoms with E-state index in [9.17, 15) is 5.11 Å². The predicted molar refractivity (Wildman–Crippen MR) is 180 cm³/mol. The van der Waals surface area contributed by atoms with Crippen LogP contribution in [-0.4, -0.2) is 25.2 Å². The van der Waals surface area contributed by atoms with Crippen molar-refractivity contribution in [3.8, 4) is 17.2 Å². The van der Waals surface area contributed by atoms with Crippen LogP contribution in [0.2, 0.25) is 0 Å². The van der Waals surface area contributed by atoms with Crippen LogP contribution in [0.4, 0.5) is 0 Å². The van der Waals surface area contributed by atoms with E-state index < -0.39 is 0 Å². The number of aliphatic imine (C=N–C) groups is 1. The van der Waals surface area contributed by atoms with E-state index in [2.05, 4.69) is 72.1 Å². The summed E-state index contributed by atoms with van der Waals surface area (Å²) in [6.07, 6.45) is 17.8. The van der Waals surface area contributed by atoms with E-state index in [0.717, 1.165) is 41.3 Å². The number of nitrogens with one attached hydrogen (secondary N) is 1. The number of ether oxygens (including phenoxy) is 2. The van der Waals surface area contributed by atoms with E-state index in [-0.39, 0.29) is 23.6 Å². The Labute approximate surface area is 263 Å². The quantitative estimate of drug-likeness (QED) is 0.303. The molecule has 0 saturated carbocycles. The summed E-state index contributed by atoms with van der Waals surface area (Å²) in [5.74, 6) is 2.99. The number of para-hydroxylation sites is 1. The van der Waals surface area contributed by atoms with Gasteiger partial charge in [-0.15, -0.1) is 0 Å². The lowest BCUT2D eigenvalue weighted by Gasteiger charge is -2.43. The molecule has 0 aromatic heterocycles. The SMILES string of the molecule is COc1ccc(C2=CC(c3ccccc3)N=C(C3=CC=C4C=CC5=C6C(=CCC3C46)CC=C5c3ccccc3OC)N2)c(O)c1. The third-order valence-electron chi connectivity index (χ3n) is 9.59. The molecular weight excluding hydrogens is 556 g/mol. The molecule has 3 unspecified atom stereocenters. The van der Waals surface area contributed by atoms with Gasteiger partial charge in [0.15, 0.2) is 0 Å². The maximum Gasteiger partial charge on any atom is 0.129 e. The maximum absolute atomic E-state index is 11.0. The first kappa shape index (κ1) is 27.3. The number of rotatable bonds is 6. The van der Waals surface area contributed by atoms with Crippen LogP contribution in [-0.2, 0) is 0 Å². The average Bonchev–Trinajstić information content (AvgIpc) is 3.10. The molecule has 0 saturated heterocycles. The van der Waals surface area contributed by atoms with Gasteiger partial charge in [-0.25, -0.2) is 0 Å². The Morgan fingerprint density at radius 1 is 0.867 bits per heavy atom. The predicted octanol–water partition coefficient (Wildman–Crippen LogP) is 8.28. The fourth-order valence-corrected chi connectivity index (χ4v) is 7.46. The molecule has 0 fully saturated rings. The van der Waals surface area contributed by atoms with Crippen LogP contribution in [0.5, 0.6) is 17.2 Å². The highest BCUT2D eigenvalue weighted by Gasteiger charge is 2.42. The largest absolute Gasteiger partial charge is 0.507 e. The summed E-state index contributed by atoms with van der Waals surface area (Å²) < 4.78 is 11.1. The minimum atomic E-state index is -0.198. The Bertz CT molecular complexity index is 1970. The van der Waals surface area contributed by atoms with Crippen LogP contribution in [0.25, 0.3) is 11.3 Å². The van der Waals surface area contributed by atoms with Crippen molar-refractivity contribution in [1.29, 1.82) is 0 Å². The van der Waals surface area contributed by atoms with Crippen molar-refractivity contribution in [2.24, 2.45) is 16.8 Å². The summed E-state index contributed by atoms with van der Waals surface area (Å²) >= 11 is 0. The molecule has 3 aromatic rings. The van der Waals surface area contributed by atoms with Gasteiger partial charge in [0, 0.05) is 34.7 Å². The first-order chi connectivity index (χ1) is 22.1. The molecule has 1 heterocycles. The van der Waals surface area contributed by atoms with Crippen LogP contribution in [0.3, 0.4) is 0 Å². The van der Waals surface area contributed by atoms with E-state index >= 15 is 0 Å². The molecule has 5 aliphatic rings. The Balaban J connectivity index is 1.21. The van der Waals surface area contributed by atoms with E-state index in [0.29, 0.717) is 11.3 Å². The minimum absolute atomic E-state index is 0.163. The lowest BCUT2D eigenvalue weighted by Crippen LogP contribution is -2.37. The van der Waals surface area contributed by atoms with Gasteiger partial charge in [-0.2, -0.15) is 0 Å². The monoisotopic (exact) mass is 590 g/mol. The van der Waals surface area contributed by atoms with Crippen LogP contribution in [0.1, 0.15) is 35.6 Å². The number of benzene rings is 3. The van der Waals surface area contributed by atoms with Gasteiger partial charge in [0.25, 0.3) is 0 Å². The molecular formula is C40H34N2O3. The second-order valence-corrected chi connectivity index (χ2v) is 11.9. The van der Waals surface area contributed by atoms with Crippen molar-refractivity contribution in [2.45, 2.75) is 18.9 Å². The molecule has 2 N–H and O–H groups in total. The number of phenolic OH excluding ortho intramolecular Hbond substituents is 1. The van der Waals surface area contributed by atoms with E-state index in [1.54, 1.807) is 20.3 Å². The summed E-state index contributed by atoms with van der Waals surface area (Å²) in [5.41, 5.74) is 11.7. The van der Waals surface area contributed by atoms with E-state index in [1.165, 1.54) is 33.4 Å². The molecule has 0 amide bonds. The van der Waals surface area contributed by atoms with Crippen LogP contribution in [0.15, 0.2) is 148 Å². The first-order valence-electron chi connectivity index (χ1n) is 15.5. The Morgan fingerprint density at radius 3 is 2.53 bits per heavy atom. The fourth-order valence-electron chi connectivity index (χ4n) is 7.46. The molecule has 5 heteroatoms. The van der Waals surface area contributed by atoms with Gasteiger partial charge in [-0.05, 0) is 76.1 Å². The zero-order valence-electron chi connectivity index (χ0n) is 25.3. The molecule has 1 aliphatic heterocycles. The second-order valence-electron chi connectivity index (χ2n) is 11.9. The van der Waals surface area contributed by atoms with Gasteiger partial charge >= 0.3 is 0 Å². The second kappa shape index (κ2) is 11.0. The number of phenols is 1. The molecule has 3 atom stereocenters. The van der Waals surface area contributed by atoms with Crippen molar-refractivity contribution in [1.82, 2.24) is 5.32 Å². The number of allylic oxidation sites excluding steroid dienone is 11. The zero-order valence-corrected chi connectivity index (χ0v) is 25.3. The Morgan fingerprint density at radius 2 is 1.71 bits per heavy atom. The highest BCUT2D eigenvalue weighted by molar-refractivity contribution is 6.06. The summed E-state index contributed by atoms with van der Waals surface area (Å²) in [4.78, 5) is 5.30. The van der Waals surface area contributed by atoms with Gasteiger partial charge in [-0.1, -0.05) is 85.0 Å². The topological polar surface area (TPSA) is 63.1 Å². The number of amidine groups is 1. The van der Waals surface area contributed by atoms with Crippen LogP contribution >= 0.6 is 0 Å². The van der Waals surface area contributed by atoms with Gasteiger partial charge in [0.1, 0.15) is 23.1 Å². The van der Waals surface area contributed by atoms with Gasteiger partial charge in [0.2, 0.25) is 0 Å². The average molecular weight is 591 g/mol. The Kier molecular flexibility index (Phi) is 6.67. The number of aromatic hydroxyl groups is 1.